The van der Waals surface area contributed by atoms with Crippen LogP contribution in [0.4, 0.5) is 10.5 Å². The molecule has 8 nitrogen and oxygen atoms in total. The lowest BCUT2D eigenvalue weighted by atomic mass is 10.1. The Morgan fingerprint density at radius 2 is 1.90 bits per heavy atom. The number of cyclic esters (lactones) is 1. The fourth-order valence-electron chi connectivity index (χ4n) is 3.76. The summed E-state index contributed by atoms with van der Waals surface area (Å²) in [5.74, 6) is -0.333. The van der Waals surface area contributed by atoms with Crippen LogP contribution in [0.3, 0.4) is 0 Å². The lowest BCUT2D eigenvalue weighted by Crippen LogP contribution is -2.34. The van der Waals surface area contributed by atoms with E-state index in [9.17, 15) is 13.2 Å². The SMILES string of the molecule is Cc1cc(C)c(S(=O)(=O)CNCC2CN(c3cccc(C(=N)N)c3)C(=O)O2)c(C)c1. The number of aryl methyl sites for hydroxylation is 3. The van der Waals surface area contributed by atoms with Crippen molar-refractivity contribution in [2.75, 3.05) is 23.9 Å². The predicted molar refractivity (Wildman–Crippen MR) is 116 cm³/mol. The van der Waals surface area contributed by atoms with Crippen molar-refractivity contribution in [3.63, 3.8) is 0 Å². The third-order valence-corrected chi connectivity index (χ3v) is 6.77. The molecular formula is C21H26N4O4S. The molecule has 3 rings (SSSR count). The Labute approximate surface area is 176 Å². The van der Waals surface area contributed by atoms with Crippen LogP contribution < -0.4 is 16.0 Å². The standard InChI is InChI=1S/C21H26N4O4S/c1-13-7-14(2)19(15(3)8-13)30(27,28)12-24-10-18-11-25(21(26)29-18)17-6-4-5-16(9-17)20(22)23/h4-9,18,24H,10-12H2,1-3H3,(H3,22,23). The molecule has 30 heavy (non-hydrogen) atoms. The molecule has 0 spiro atoms. The summed E-state index contributed by atoms with van der Waals surface area (Å²) in [6.45, 7) is 5.99. The van der Waals surface area contributed by atoms with Gasteiger partial charge in [0.1, 0.15) is 17.8 Å². The van der Waals surface area contributed by atoms with Gasteiger partial charge in [-0.05, 0) is 44.0 Å². The molecule has 2 aromatic carbocycles. The number of carbonyl (C=O) groups excluding carboxylic acids is 1. The molecule has 0 radical (unpaired) electrons. The van der Waals surface area contributed by atoms with E-state index in [1.165, 1.54) is 4.90 Å². The molecule has 0 bridgehead atoms. The number of nitrogens with zero attached hydrogens (tertiary/aromatic N) is 1. The van der Waals surface area contributed by atoms with Crippen molar-refractivity contribution in [3.05, 3.63) is 58.7 Å². The maximum Gasteiger partial charge on any atom is 0.414 e. The van der Waals surface area contributed by atoms with Gasteiger partial charge in [0.05, 0.1) is 11.4 Å². The molecule has 9 heteroatoms. The summed E-state index contributed by atoms with van der Waals surface area (Å²) < 4.78 is 31.0. The first-order chi connectivity index (χ1) is 14.1. The van der Waals surface area contributed by atoms with E-state index in [2.05, 4.69) is 5.32 Å². The van der Waals surface area contributed by atoms with Crippen molar-refractivity contribution in [2.24, 2.45) is 5.73 Å². The van der Waals surface area contributed by atoms with E-state index >= 15 is 0 Å². The molecule has 4 N–H and O–H groups in total. The molecular weight excluding hydrogens is 404 g/mol. The number of nitrogen functional groups attached to an aromatic ring is 1. The Balaban J connectivity index is 1.63. The number of sulfone groups is 1. The summed E-state index contributed by atoms with van der Waals surface area (Å²) in [5.41, 5.74) is 9.06. The van der Waals surface area contributed by atoms with E-state index in [0.29, 0.717) is 16.1 Å². The van der Waals surface area contributed by atoms with Gasteiger partial charge in [0.25, 0.3) is 0 Å². The molecule has 1 unspecified atom stereocenters. The second-order valence-electron chi connectivity index (χ2n) is 7.52. The Hall–Kier alpha value is -2.91. The first-order valence-electron chi connectivity index (χ1n) is 9.52. The summed E-state index contributed by atoms with van der Waals surface area (Å²) in [6, 6.07) is 10.5. The van der Waals surface area contributed by atoms with Crippen molar-refractivity contribution in [3.8, 4) is 0 Å². The van der Waals surface area contributed by atoms with Crippen molar-refractivity contribution in [1.29, 1.82) is 5.41 Å². The Kier molecular flexibility index (Phi) is 6.14. The predicted octanol–water partition coefficient (Wildman–Crippen LogP) is 2.24. The van der Waals surface area contributed by atoms with Crippen LogP contribution in [0.5, 0.6) is 0 Å². The third-order valence-electron chi connectivity index (χ3n) is 4.92. The van der Waals surface area contributed by atoms with Gasteiger partial charge in [-0.2, -0.15) is 0 Å². The van der Waals surface area contributed by atoms with E-state index in [1.54, 1.807) is 38.1 Å². The quantitative estimate of drug-likeness (QED) is 0.457. The molecule has 1 fully saturated rings. The molecule has 0 saturated carbocycles. The van der Waals surface area contributed by atoms with Gasteiger partial charge in [-0.3, -0.25) is 15.6 Å². The van der Waals surface area contributed by atoms with Gasteiger partial charge in [-0.25, -0.2) is 13.2 Å². The summed E-state index contributed by atoms with van der Waals surface area (Å²) in [7, 11) is -3.53. The fourth-order valence-corrected chi connectivity index (χ4v) is 5.39. The van der Waals surface area contributed by atoms with E-state index in [0.717, 1.165) is 16.7 Å². The minimum Gasteiger partial charge on any atom is -0.443 e. The molecule has 160 valence electrons. The van der Waals surface area contributed by atoms with Crippen LogP contribution in [-0.2, 0) is 14.6 Å². The van der Waals surface area contributed by atoms with Gasteiger partial charge in [0.15, 0.2) is 9.84 Å². The number of hydrogen-bond donors (Lipinski definition) is 3. The van der Waals surface area contributed by atoms with Crippen LogP contribution in [0.2, 0.25) is 0 Å². The molecule has 1 amide bonds. The molecule has 0 aliphatic carbocycles. The highest BCUT2D eigenvalue weighted by molar-refractivity contribution is 7.91. The minimum absolute atomic E-state index is 0.0884. The number of ether oxygens (including phenoxy) is 1. The molecule has 1 aliphatic rings. The molecule has 1 heterocycles. The number of nitrogens with one attached hydrogen (secondary N) is 2. The Morgan fingerprint density at radius 1 is 1.23 bits per heavy atom. The fraction of sp³-hybridized carbons (Fsp3) is 0.333. The zero-order valence-corrected chi connectivity index (χ0v) is 18.0. The number of amides is 1. The molecule has 2 aromatic rings. The normalized spacial score (nSPS) is 16.6. The van der Waals surface area contributed by atoms with Gasteiger partial charge in [0.2, 0.25) is 0 Å². The zero-order chi connectivity index (χ0) is 22.1. The summed E-state index contributed by atoms with van der Waals surface area (Å²) in [4.78, 5) is 14.0. The number of hydrogen-bond acceptors (Lipinski definition) is 6. The maximum atomic E-state index is 12.8. The molecule has 1 atom stereocenters. The number of rotatable bonds is 7. The molecule has 1 saturated heterocycles. The van der Waals surface area contributed by atoms with Crippen LogP contribution in [0.1, 0.15) is 22.3 Å². The number of nitrogens with two attached hydrogens (primary N) is 1. The molecule has 0 aromatic heterocycles. The van der Waals surface area contributed by atoms with Crippen molar-refractivity contribution in [2.45, 2.75) is 31.8 Å². The van der Waals surface area contributed by atoms with Gasteiger partial charge < -0.3 is 10.5 Å². The smallest absolute Gasteiger partial charge is 0.414 e. The Bertz CT molecular complexity index is 1070. The molecule has 1 aliphatic heterocycles. The zero-order valence-electron chi connectivity index (χ0n) is 17.2. The first-order valence-corrected chi connectivity index (χ1v) is 11.2. The van der Waals surface area contributed by atoms with E-state index in [-0.39, 0.29) is 24.8 Å². The number of carbonyl (C=O) groups is 1. The van der Waals surface area contributed by atoms with E-state index in [1.807, 2.05) is 19.1 Å². The van der Waals surface area contributed by atoms with Crippen LogP contribution in [0, 0.1) is 26.2 Å². The third kappa shape index (κ3) is 4.63. The second kappa shape index (κ2) is 8.45. The Morgan fingerprint density at radius 3 is 2.53 bits per heavy atom. The average molecular weight is 431 g/mol. The summed E-state index contributed by atoms with van der Waals surface area (Å²) in [5, 5.41) is 10.4. The van der Waals surface area contributed by atoms with Crippen LogP contribution >= 0.6 is 0 Å². The summed E-state index contributed by atoms with van der Waals surface area (Å²) >= 11 is 0. The van der Waals surface area contributed by atoms with Crippen LogP contribution in [0.25, 0.3) is 0 Å². The highest BCUT2D eigenvalue weighted by atomic mass is 32.2. The van der Waals surface area contributed by atoms with Gasteiger partial charge in [-0.15, -0.1) is 0 Å². The number of amidine groups is 1. The van der Waals surface area contributed by atoms with Crippen molar-refractivity contribution in [1.82, 2.24) is 5.32 Å². The number of anilines is 1. The lowest BCUT2D eigenvalue weighted by molar-refractivity contribution is 0.141. The summed E-state index contributed by atoms with van der Waals surface area (Å²) in [6.07, 6.45) is -1.01. The van der Waals surface area contributed by atoms with Crippen LogP contribution in [0.15, 0.2) is 41.3 Å². The minimum atomic E-state index is -3.53. The highest BCUT2D eigenvalue weighted by Crippen LogP contribution is 2.24. The average Bonchev–Trinajstić information content (AvgIpc) is 3.01. The van der Waals surface area contributed by atoms with E-state index < -0.39 is 22.0 Å². The van der Waals surface area contributed by atoms with Crippen molar-refractivity contribution < 1.29 is 17.9 Å². The van der Waals surface area contributed by atoms with E-state index in [4.69, 9.17) is 15.9 Å². The second-order valence-corrected chi connectivity index (χ2v) is 9.45. The lowest BCUT2D eigenvalue weighted by Gasteiger charge is -2.15. The highest BCUT2D eigenvalue weighted by Gasteiger charge is 2.32. The monoisotopic (exact) mass is 430 g/mol. The van der Waals surface area contributed by atoms with Crippen molar-refractivity contribution >= 4 is 27.5 Å². The van der Waals surface area contributed by atoms with Gasteiger partial charge in [-0.1, -0.05) is 29.8 Å². The first kappa shape index (κ1) is 21.8. The number of benzene rings is 2. The largest absolute Gasteiger partial charge is 0.443 e. The van der Waals surface area contributed by atoms with Gasteiger partial charge >= 0.3 is 6.09 Å². The van der Waals surface area contributed by atoms with Crippen LogP contribution in [-0.4, -0.2) is 45.4 Å². The maximum absolute atomic E-state index is 12.8. The van der Waals surface area contributed by atoms with Gasteiger partial charge in [0, 0.05) is 17.8 Å². The topological polar surface area (TPSA) is 126 Å².